The molecule has 0 radical (unpaired) electrons. The first-order valence-corrected chi connectivity index (χ1v) is 7.46. The van der Waals surface area contributed by atoms with Crippen LogP contribution < -0.4 is 10.6 Å². The molecule has 1 fully saturated rings. The molecule has 6 nitrogen and oxygen atoms in total. The summed E-state index contributed by atoms with van der Waals surface area (Å²) in [6.07, 6.45) is 3.63. The third kappa shape index (κ3) is 4.10. The van der Waals surface area contributed by atoms with E-state index in [9.17, 15) is 4.79 Å². The molecule has 2 aromatic rings. The molecule has 2 heterocycles. The maximum atomic E-state index is 12.3. The molecule has 2 atom stereocenters. The smallest absolute Gasteiger partial charge is 0.240 e. The van der Waals surface area contributed by atoms with Gasteiger partial charge in [-0.3, -0.25) is 4.79 Å². The van der Waals surface area contributed by atoms with E-state index in [2.05, 4.69) is 15.7 Å². The summed E-state index contributed by atoms with van der Waals surface area (Å²) in [6, 6.07) is 9.41. The fraction of sp³-hybridized carbons (Fsp3) is 0.375. The predicted octanol–water partition coefficient (Wildman–Crippen LogP) is 1.46. The summed E-state index contributed by atoms with van der Waals surface area (Å²) >= 11 is 0. The van der Waals surface area contributed by atoms with Crippen molar-refractivity contribution in [3.8, 4) is 5.69 Å². The van der Waals surface area contributed by atoms with Crippen LogP contribution in [0.3, 0.4) is 0 Å². The Kier molecular flexibility index (Phi) is 6.15. The lowest BCUT2D eigenvalue weighted by Gasteiger charge is -2.25. The van der Waals surface area contributed by atoms with E-state index in [1.54, 1.807) is 10.9 Å². The Morgan fingerprint density at radius 3 is 2.96 bits per heavy atom. The molecule has 23 heavy (non-hydrogen) atoms. The molecule has 1 aromatic heterocycles. The van der Waals surface area contributed by atoms with Crippen LogP contribution in [0.15, 0.2) is 42.7 Å². The molecule has 3 rings (SSSR count). The van der Waals surface area contributed by atoms with Gasteiger partial charge in [-0.1, -0.05) is 18.2 Å². The van der Waals surface area contributed by atoms with Crippen LogP contribution in [0.5, 0.6) is 0 Å². The number of hydrogen-bond acceptors (Lipinski definition) is 4. The highest BCUT2D eigenvalue weighted by Gasteiger charge is 2.23. The van der Waals surface area contributed by atoms with Gasteiger partial charge in [-0.05, 0) is 24.6 Å². The molecular weight excluding hydrogens is 316 g/mol. The highest BCUT2D eigenvalue weighted by Crippen LogP contribution is 2.21. The van der Waals surface area contributed by atoms with Gasteiger partial charge in [0, 0.05) is 18.9 Å². The Morgan fingerprint density at radius 2 is 2.26 bits per heavy atom. The van der Waals surface area contributed by atoms with E-state index in [1.807, 2.05) is 43.5 Å². The summed E-state index contributed by atoms with van der Waals surface area (Å²) in [5.74, 6) is -0.0394. The molecule has 0 spiro atoms. The number of halogens is 1. The Hall–Kier alpha value is -1.89. The normalized spacial score (nSPS) is 18.7. The molecule has 0 aliphatic carbocycles. The molecule has 7 heteroatoms. The monoisotopic (exact) mass is 336 g/mol. The minimum Gasteiger partial charge on any atom is -0.378 e. The van der Waals surface area contributed by atoms with Crippen molar-refractivity contribution in [2.24, 2.45) is 0 Å². The van der Waals surface area contributed by atoms with E-state index < -0.39 is 0 Å². The van der Waals surface area contributed by atoms with Crippen molar-refractivity contribution in [3.05, 3.63) is 48.3 Å². The molecular formula is C16H21ClN4O2. The summed E-state index contributed by atoms with van der Waals surface area (Å²) in [5.41, 5.74) is 1.99. The molecule has 1 aliphatic heterocycles. The number of rotatable bonds is 4. The fourth-order valence-electron chi connectivity index (χ4n) is 2.60. The summed E-state index contributed by atoms with van der Waals surface area (Å²) < 4.78 is 7.14. The third-order valence-electron chi connectivity index (χ3n) is 3.75. The molecule has 1 aliphatic rings. The molecule has 1 amide bonds. The second kappa shape index (κ2) is 8.10. The van der Waals surface area contributed by atoms with Crippen LogP contribution in [-0.4, -0.2) is 41.5 Å². The number of ether oxygens (including phenoxy) is 1. The number of amides is 1. The largest absolute Gasteiger partial charge is 0.378 e. The lowest BCUT2D eigenvalue weighted by atomic mass is 10.1. The minimum absolute atomic E-state index is 0. The van der Waals surface area contributed by atoms with Gasteiger partial charge in [-0.25, -0.2) is 4.68 Å². The average Bonchev–Trinajstić information content (AvgIpc) is 3.10. The van der Waals surface area contributed by atoms with Crippen molar-refractivity contribution in [3.63, 3.8) is 0 Å². The Labute approximate surface area is 141 Å². The topological polar surface area (TPSA) is 68.2 Å². The first-order chi connectivity index (χ1) is 10.8. The summed E-state index contributed by atoms with van der Waals surface area (Å²) in [7, 11) is 0. The minimum atomic E-state index is -0.284. The molecule has 124 valence electrons. The van der Waals surface area contributed by atoms with Crippen LogP contribution in [0.1, 0.15) is 18.5 Å². The van der Waals surface area contributed by atoms with Crippen molar-refractivity contribution in [1.29, 1.82) is 0 Å². The second-order valence-electron chi connectivity index (χ2n) is 5.32. The number of carbonyl (C=O) groups is 1. The first-order valence-electron chi connectivity index (χ1n) is 7.46. The molecule has 0 bridgehead atoms. The summed E-state index contributed by atoms with van der Waals surface area (Å²) in [5, 5.41) is 10.5. The van der Waals surface area contributed by atoms with E-state index in [4.69, 9.17) is 4.74 Å². The number of carbonyl (C=O) groups excluding carboxylic acids is 1. The first kappa shape index (κ1) is 17.5. The van der Waals surface area contributed by atoms with Crippen LogP contribution in [0.2, 0.25) is 0 Å². The molecule has 1 aromatic carbocycles. The zero-order chi connectivity index (χ0) is 15.4. The van der Waals surface area contributed by atoms with Crippen LogP contribution in [-0.2, 0) is 9.53 Å². The van der Waals surface area contributed by atoms with Crippen molar-refractivity contribution >= 4 is 18.3 Å². The Bertz CT molecular complexity index is 627. The quantitative estimate of drug-likeness (QED) is 0.887. The van der Waals surface area contributed by atoms with Gasteiger partial charge < -0.3 is 15.4 Å². The number of hydrogen-bond donors (Lipinski definition) is 2. The highest BCUT2D eigenvalue weighted by atomic mass is 35.5. The summed E-state index contributed by atoms with van der Waals surface area (Å²) in [4.78, 5) is 12.3. The van der Waals surface area contributed by atoms with E-state index in [-0.39, 0.29) is 30.4 Å². The molecule has 2 N–H and O–H groups in total. The number of morpholine rings is 1. The Morgan fingerprint density at radius 1 is 1.43 bits per heavy atom. The lowest BCUT2D eigenvalue weighted by molar-refractivity contribution is -0.126. The predicted molar refractivity (Wildman–Crippen MR) is 90.0 cm³/mol. The fourth-order valence-corrected chi connectivity index (χ4v) is 2.60. The van der Waals surface area contributed by atoms with Crippen LogP contribution >= 0.6 is 12.4 Å². The third-order valence-corrected chi connectivity index (χ3v) is 3.75. The maximum Gasteiger partial charge on any atom is 0.240 e. The zero-order valence-corrected chi connectivity index (χ0v) is 13.8. The lowest BCUT2D eigenvalue weighted by Crippen LogP contribution is -2.51. The molecule has 2 unspecified atom stereocenters. The van der Waals surface area contributed by atoms with E-state index in [0.717, 1.165) is 11.3 Å². The van der Waals surface area contributed by atoms with Crippen molar-refractivity contribution in [1.82, 2.24) is 20.4 Å². The number of benzene rings is 1. The maximum absolute atomic E-state index is 12.3. The van der Waals surface area contributed by atoms with Gasteiger partial charge in [0.15, 0.2) is 0 Å². The van der Waals surface area contributed by atoms with Gasteiger partial charge in [0.25, 0.3) is 0 Å². The van der Waals surface area contributed by atoms with Crippen LogP contribution in [0.25, 0.3) is 5.69 Å². The average molecular weight is 337 g/mol. The number of para-hydroxylation sites is 1. The van der Waals surface area contributed by atoms with Gasteiger partial charge in [-0.15, -0.1) is 12.4 Å². The molecule has 0 saturated carbocycles. The van der Waals surface area contributed by atoms with Gasteiger partial charge in [0.2, 0.25) is 5.91 Å². The van der Waals surface area contributed by atoms with Crippen LogP contribution in [0.4, 0.5) is 0 Å². The van der Waals surface area contributed by atoms with Gasteiger partial charge in [0.1, 0.15) is 6.04 Å². The van der Waals surface area contributed by atoms with E-state index in [1.165, 1.54) is 0 Å². The van der Waals surface area contributed by atoms with Crippen molar-refractivity contribution in [2.75, 3.05) is 19.8 Å². The Balaban J connectivity index is 0.00000192. The standard InChI is InChI=1S/C16H20N4O2.ClH/c1-12(19-16(21)14-11-22-10-8-17-14)13-5-2-3-6-15(13)20-9-4-7-18-20;/h2-7,9,12,14,17H,8,10-11H2,1H3,(H,19,21);1H. The summed E-state index contributed by atoms with van der Waals surface area (Å²) in [6.45, 7) is 3.75. The zero-order valence-electron chi connectivity index (χ0n) is 12.9. The SMILES string of the molecule is CC(NC(=O)C1COCCN1)c1ccccc1-n1cccn1.Cl. The van der Waals surface area contributed by atoms with Crippen molar-refractivity contribution < 1.29 is 9.53 Å². The number of nitrogens with zero attached hydrogens (tertiary/aromatic N) is 2. The number of aromatic nitrogens is 2. The van der Waals surface area contributed by atoms with Gasteiger partial charge in [-0.2, -0.15) is 5.10 Å². The van der Waals surface area contributed by atoms with Crippen LogP contribution in [0, 0.1) is 0 Å². The van der Waals surface area contributed by atoms with E-state index in [0.29, 0.717) is 19.8 Å². The second-order valence-corrected chi connectivity index (χ2v) is 5.32. The number of nitrogens with one attached hydrogen (secondary N) is 2. The van der Waals surface area contributed by atoms with Crippen molar-refractivity contribution in [2.45, 2.75) is 19.0 Å². The molecule has 1 saturated heterocycles. The van der Waals surface area contributed by atoms with E-state index >= 15 is 0 Å². The van der Waals surface area contributed by atoms with Gasteiger partial charge >= 0.3 is 0 Å². The van der Waals surface area contributed by atoms with Gasteiger partial charge in [0.05, 0.1) is 24.9 Å². The highest BCUT2D eigenvalue weighted by molar-refractivity contribution is 5.85.